The first-order chi connectivity index (χ1) is 7.38. The molecule has 0 atom stereocenters. The second kappa shape index (κ2) is 3.90. The SMILES string of the molecule is CC1(C)CC(C)(C)OB(c2ccccc2)O1. The van der Waals surface area contributed by atoms with Gasteiger partial charge >= 0.3 is 7.12 Å². The Morgan fingerprint density at radius 1 is 0.938 bits per heavy atom. The van der Waals surface area contributed by atoms with E-state index >= 15 is 0 Å². The van der Waals surface area contributed by atoms with Crippen LogP contribution in [0, 0.1) is 0 Å². The zero-order valence-electron chi connectivity index (χ0n) is 10.5. The first-order valence-electron chi connectivity index (χ1n) is 5.79. The molecule has 0 unspecified atom stereocenters. The van der Waals surface area contributed by atoms with Gasteiger partial charge in [-0.3, -0.25) is 0 Å². The molecule has 0 aromatic heterocycles. The third-order valence-corrected chi connectivity index (χ3v) is 2.78. The van der Waals surface area contributed by atoms with Crippen LogP contribution in [0.5, 0.6) is 0 Å². The molecule has 1 aromatic carbocycles. The van der Waals surface area contributed by atoms with Crippen LogP contribution < -0.4 is 5.46 Å². The molecular weight excluding hydrogens is 199 g/mol. The van der Waals surface area contributed by atoms with E-state index in [4.69, 9.17) is 9.31 Å². The molecular formula is C13H19BO2. The van der Waals surface area contributed by atoms with Crippen molar-refractivity contribution in [3.05, 3.63) is 30.3 Å². The fourth-order valence-electron chi connectivity index (χ4n) is 2.46. The van der Waals surface area contributed by atoms with Gasteiger partial charge in [0.1, 0.15) is 0 Å². The first-order valence-corrected chi connectivity index (χ1v) is 5.79. The summed E-state index contributed by atoms with van der Waals surface area (Å²) >= 11 is 0. The van der Waals surface area contributed by atoms with Gasteiger partial charge in [0.05, 0.1) is 11.2 Å². The molecule has 1 aliphatic heterocycles. The van der Waals surface area contributed by atoms with Crippen LogP contribution in [0.4, 0.5) is 0 Å². The summed E-state index contributed by atoms with van der Waals surface area (Å²) < 4.78 is 11.9. The topological polar surface area (TPSA) is 18.5 Å². The van der Waals surface area contributed by atoms with Crippen molar-refractivity contribution in [1.82, 2.24) is 0 Å². The molecule has 1 saturated heterocycles. The smallest absolute Gasteiger partial charge is 0.402 e. The quantitative estimate of drug-likeness (QED) is 0.673. The van der Waals surface area contributed by atoms with E-state index < -0.39 is 0 Å². The largest absolute Gasteiger partial charge is 0.494 e. The normalized spacial score (nSPS) is 23.1. The highest BCUT2D eigenvalue weighted by Crippen LogP contribution is 2.32. The second-order valence-electron chi connectivity index (χ2n) is 5.67. The van der Waals surface area contributed by atoms with Crippen molar-refractivity contribution < 1.29 is 9.31 Å². The van der Waals surface area contributed by atoms with Gasteiger partial charge in [-0.25, -0.2) is 0 Å². The van der Waals surface area contributed by atoms with E-state index in [-0.39, 0.29) is 18.3 Å². The van der Waals surface area contributed by atoms with Crippen LogP contribution in [0.3, 0.4) is 0 Å². The fraction of sp³-hybridized carbons (Fsp3) is 0.538. The number of benzene rings is 1. The maximum atomic E-state index is 5.97. The number of hydrogen-bond acceptors (Lipinski definition) is 2. The highest BCUT2D eigenvalue weighted by atomic mass is 16.6. The van der Waals surface area contributed by atoms with Crippen molar-refractivity contribution in [2.75, 3.05) is 0 Å². The fourth-order valence-corrected chi connectivity index (χ4v) is 2.46. The van der Waals surface area contributed by atoms with Crippen LogP contribution in [0.1, 0.15) is 34.1 Å². The van der Waals surface area contributed by atoms with Gasteiger partial charge in [-0.1, -0.05) is 30.3 Å². The maximum absolute atomic E-state index is 5.97. The Morgan fingerprint density at radius 2 is 1.44 bits per heavy atom. The summed E-state index contributed by atoms with van der Waals surface area (Å²) in [7, 11) is -0.250. The van der Waals surface area contributed by atoms with Crippen LogP contribution in [-0.4, -0.2) is 18.3 Å². The molecule has 1 heterocycles. The van der Waals surface area contributed by atoms with E-state index in [2.05, 4.69) is 27.7 Å². The van der Waals surface area contributed by atoms with Gasteiger partial charge in [-0.2, -0.15) is 0 Å². The lowest BCUT2D eigenvalue weighted by Gasteiger charge is -2.44. The first kappa shape index (κ1) is 11.7. The summed E-state index contributed by atoms with van der Waals surface area (Å²) in [5, 5.41) is 0. The molecule has 0 spiro atoms. The van der Waals surface area contributed by atoms with Gasteiger partial charge in [0.15, 0.2) is 0 Å². The standard InChI is InChI=1S/C13H19BO2/c1-12(2)10-13(3,4)16-14(15-12)11-8-6-5-7-9-11/h5-9H,10H2,1-4H3. The van der Waals surface area contributed by atoms with E-state index in [0.29, 0.717) is 0 Å². The number of rotatable bonds is 1. The van der Waals surface area contributed by atoms with Crippen molar-refractivity contribution in [2.24, 2.45) is 0 Å². The zero-order valence-corrected chi connectivity index (χ0v) is 10.5. The Labute approximate surface area is 98.1 Å². The van der Waals surface area contributed by atoms with Crippen LogP contribution in [0.25, 0.3) is 0 Å². The van der Waals surface area contributed by atoms with Crippen molar-refractivity contribution in [2.45, 2.75) is 45.3 Å². The van der Waals surface area contributed by atoms with Crippen LogP contribution in [-0.2, 0) is 9.31 Å². The summed E-state index contributed by atoms with van der Waals surface area (Å²) in [6.07, 6.45) is 0.906. The zero-order chi connectivity index (χ0) is 11.8. The van der Waals surface area contributed by atoms with Gasteiger partial charge < -0.3 is 9.31 Å². The summed E-state index contributed by atoms with van der Waals surface area (Å²) in [6.45, 7) is 8.47. The lowest BCUT2D eigenvalue weighted by molar-refractivity contribution is -0.0716. The third-order valence-electron chi connectivity index (χ3n) is 2.78. The molecule has 2 nitrogen and oxygen atoms in total. The summed E-state index contributed by atoms with van der Waals surface area (Å²) in [6, 6.07) is 10.1. The average Bonchev–Trinajstić information content (AvgIpc) is 2.14. The summed E-state index contributed by atoms with van der Waals surface area (Å²) in [5.41, 5.74) is 0.813. The third kappa shape index (κ3) is 2.66. The lowest BCUT2D eigenvalue weighted by Crippen LogP contribution is -2.56. The Morgan fingerprint density at radius 3 is 1.94 bits per heavy atom. The van der Waals surface area contributed by atoms with Gasteiger partial charge in [-0.05, 0) is 33.2 Å². The molecule has 0 saturated carbocycles. The molecule has 0 aliphatic carbocycles. The molecule has 2 rings (SSSR count). The van der Waals surface area contributed by atoms with Crippen molar-refractivity contribution in [3.8, 4) is 0 Å². The Kier molecular flexibility index (Phi) is 2.85. The monoisotopic (exact) mass is 218 g/mol. The molecule has 1 aliphatic rings. The van der Waals surface area contributed by atoms with E-state index in [1.54, 1.807) is 0 Å². The molecule has 16 heavy (non-hydrogen) atoms. The van der Waals surface area contributed by atoms with Crippen molar-refractivity contribution in [1.29, 1.82) is 0 Å². The minimum absolute atomic E-state index is 0.137. The number of hydrogen-bond donors (Lipinski definition) is 0. The van der Waals surface area contributed by atoms with Crippen molar-refractivity contribution >= 4 is 12.6 Å². The van der Waals surface area contributed by atoms with Gasteiger partial charge in [0.2, 0.25) is 0 Å². The molecule has 86 valence electrons. The molecule has 1 fully saturated rings. The second-order valence-corrected chi connectivity index (χ2v) is 5.67. The molecule has 0 bridgehead atoms. The maximum Gasteiger partial charge on any atom is 0.494 e. The minimum atomic E-state index is -0.250. The van der Waals surface area contributed by atoms with Crippen LogP contribution >= 0.6 is 0 Å². The van der Waals surface area contributed by atoms with Crippen LogP contribution in [0.2, 0.25) is 0 Å². The highest BCUT2D eigenvalue weighted by molar-refractivity contribution is 6.61. The Balaban J connectivity index is 2.23. The highest BCUT2D eigenvalue weighted by Gasteiger charge is 2.43. The molecule has 1 aromatic rings. The molecule has 3 heteroatoms. The van der Waals surface area contributed by atoms with E-state index in [1.807, 2.05) is 30.3 Å². The average molecular weight is 218 g/mol. The molecule has 0 N–H and O–H groups in total. The Bertz CT molecular complexity index is 343. The minimum Gasteiger partial charge on any atom is -0.402 e. The van der Waals surface area contributed by atoms with E-state index in [0.717, 1.165) is 11.9 Å². The summed E-state index contributed by atoms with van der Waals surface area (Å²) in [5.74, 6) is 0. The predicted molar refractivity (Wildman–Crippen MR) is 66.8 cm³/mol. The van der Waals surface area contributed by atoms with Crippen molar-refractivity contribution in [3.63, 3.8) is 0 Å². The molecule has 0 radical (unpaired) electrons. The Hall–Kier alpha value is -0.795. The molecule has 0 amide bonds. The predicted octanol–water partition coefficient (Wildman–Crippen LogP) is 2.38. The summed E-state index contributed by atoms with van der Waals surface area (Å²) in [4.78, 5) is 0. The van der Waals surface area contributed by atoms with Gasteiger partial charge in [-0.15, -0.1) is 0 Å². The van der Waals surface area contributed by atoms with E-state index in [1.165, 1.54) is 0 Å². The van der Waals surface area contributed by atoms with Gasteiger partial charge in [0.25, 0.3) is 0 Å². The van der Waals surface area contributed by atoms with E-state index in [9.17, 15) is 0 Å². The lowest BCUT2D eigenvalue weighted by atomic mass is 9.73. The van der Waals surface area contributed by atoms with Crippen LogP contribution in [0.15, 0.2) is 30.3 Å². The van der Waals surface area contributed by atoms with Gasteiger partial charge in [0, 0.05) is 6.42 Å².